The molecule has 0 heterocycles. The lowest BCUT2D eigenvalue weighted by atomic mass is 9.82. The van der Waals surface area contributed by atoms with Gasteiger partial charge in [0, 0.05) is 16.6 Å². The second-order valence-electron chi connectivity index (χ2n) is 4.92. The third-order valence-corrected chi connectivity index (χ3v) is 4.10. The predicted molar refractivity (Wildman–Crippen MR) is 69.9 cm³/mol. The average Bonchev–Trinajstić information content (AvgIpc) is 2.34. The Balaban J connectivity index is 2.05. The van der Waals surface area contributed by atoms with E-state index in [1.54, 1.807) is 12.1 Å². The monoisotopic (exact) mass is 255 g/mol. The first-order valence-corrected chi connectivity index (χ1v) is 6.68. The second-order valence-corrected chi connectivity index (χ2v) is 5.33. The summed E-state index contributed by atoms with van der Waals surface area (Å²) in [5.41, 5.74) is 0.691. The highest BCUT2D eigenvalue weighted by molar-refractivity contribution is 6.31. The van der Waals surface area contributed by atoms with E-state index in [4.69, 9.17) is 11.6 Å². The van der Waals surface area contributed by atoms with E-state index in [0.717, 1.165) is 12.8 Å². The van der Waals surface area contributed by atoms with Gasteiger partial charge in [0.05, 0.1) is 0 Å². The van der Waals surface area contributed by atoms with Crippen molar-refractivity contribution >= 4 is 11.6 Å². The Bertz CT molecular complexity index is 360. The average molecular weight is 256 g/mol. The molecule has 0 radical (unpaired) electrons. The number of rotatable bonds is 3. The molecule has 1 aliphatic rings. The third-order valence-electron chi connectivity index (χ3n) is 3.75. The van der Waals surface area contributed by atoms with Crippen molar-refractivity contribution in [1.29, 1.82) is 0 Å². The lowest BCUT2D eigenvalue weighted by Crippen LogP contribution is -2.32. The molecular formula is C14H19ClFN. The molecular weight excluding hydrogens is 237 g/mol. The molecule has 2 unspecified atom stereocenters. The van der Waals surface area contributed by atoms with Crippen LogP contribution in [-0.2, 0) is 6.42 Å². The van der Waals surface area contributed by atoms with Gasteiger partial charge in [0.15, 0.2) is 0 Å². The summed E-state index contributed by atoms with van der Waals surface area (Å²) in [6.45, 7) is 0. The molecule has 0 aromatic heterocycles. The topological polar surface area (TPSA) is 12.0 Å². The molecule has 1 fully saturated rings. The zero-order valence-electron chi connectivity index (χ0n) is 10.2. The van der Waals surface area contributed by atoms with Gasteiger partial charge in [-0.1, -0.05) is 30.5 Å². The van der Waals surface area contributed by atoms with Gasteiger partial charge in [-0.05, 0) is 44.4 Å². The van der Waals surface area contributed by atoms with Crippen molar-refractivity contribution in [2.45, 2.75) is 38.1 Å². The predicted octanol–water partition coefficient (Wildman–Crippen LogP) is 3.80. The van der Waals surface area contributed by atoms with Gasteiger partial charge in [-0.15, -0.1) is 0 Å². The first-order chi connectivity index (χ1) is 8.20. The van der Waals surface area contributed by atoms with Gasteiger partial charge < -0.3 is 5.32 Å². The van der Waals surface area contributed by atoms with E-state index in [9.17, 15) is 4.39 Å². The molecule has 3 heteroatoms. The van der Waals surface area contributed by atoms with E-state index in [-0.39, 0.29) is 5.82 Å². The molecule has 2 atom stereocenters. The molecule has 2 rings (SSSR count). The number of halogens is 2. The fourth-order valence-corrected chi connectivity index (χ4v) is 2.99. The normalized spacial score (nSPS) is 24.9. The molecule has 1 aliphatic carbocycles. The van der Waals surface area contributed by atoms with Gasteiger partial charge in [-0.25, -0.2) is 4.39 Å². The summed E-state index contributed by atoms with van der Waals surface area (Å²) in [4.78, 5) is 0. The highest BCUT2D eigenvalue weighted by atomic mass is 35.5. The zero-order chi connectivity index (χ0) is 12.3. The molecule has 0 amide bonds. The van der Waals surface area contributed by atoms with Gasteiger partial charge in [-0.3, -0.25) is 0 Å². The van der Waals surface area contributed by atoms with Crippen LogP contribution in [0.25, 0.3) is 0 Å². The maximum Gasteiger partial charge on any atom is 0.127 e. The zero-order valence-corrected chi connectivity index (χ0v) is 10.9. The van der Waals surface area contributed by atoms with E-state index < -0.39 is 0 Å². The summed E-state index contributed by atoms with van der Waals surface area (Å²) in [6.07, 6.45) is 5.54. The first-order valence-electron chi connectivity index (χ1n) is 6.31. The summed E-state index contributed by atoms with van der Waals surface area (Å²) in [5.74, 6) is 0.389. The van der Waals surface area contributed by atoms with E-state index in [1.807, 2.05) is 7.05 Å². The third kappa shape index (κ3) is 3.20. The minimum Gasteiger partial charge on any atom is -0.317 e. The quantitative estimate of drug-likeness (QED) is 0.866. The largest absolute Gasteiger partial charge is 0.317 e. The van der Waals surface area contributed by atoms with Gasteiger partial charge in [0.1, 0.15) is 5.82 Å². The molecule has 17 heavy (non-hydrogen) atoms. The van der Waals surface area contributed by atoms with Gasteiger partial charge in [0.2, 0.25) is 0 Å². The Morgan fingerprint density at radius 1 is 1.41 bits per heavy atom. The molecule has 1 N–H and O–H groups in total. The van der Waals surface area contributed by atoms with Crippen molar-refractivity contribution in [2.24, 2.45) is 5.92 Å². The van der Waals surface area contributed by atoms with E-state index in [1.165, 1.54) is 25.3 Å². The molecule has 1 aromatic carbocycles. The lowest BCUT2D eigenvalue weighted by molar-refractivity contribution is 0.292. The van der Waals surface area contributed by atoms with Crippen LogP contribution in [0.1, 0.15) is 31.2 Å². The smallest absolute Gasteiger partial charge is 0.127 e. The second kappa shape index (κ2) is 5.83. The Kier molecular flexibility index (Phi) is 4.41. The Morgan fingerprint density at radius 2 is 2.24 bits per heavy atom. The Labute approximate surface area is 107 Å². The van der Waals surface area contributed by atoms with Crippen molar-refractivity contribution < 1.29 is 4.39 Å². The molecule has 0 saturated heterocycles. The van der Waals surface area contributed by atoms with Crippen molar-refractivity contribution in [3.05, 3.63) is 34.6 Å². The molecule has 0 bridgehead atoms. The summed E-state index contributed by atoms with van der Waals surface area (Å²) in [7, 11) is 2.00. The number of nitrogens with one attached hydrogen (secondary N) is 1. The van der Waals surface area contributed by atoms with Crippen LogP contribution in [0.2, 0.25) is 5.02 Å². The van der Waals surface area contributed by atoms with Crippen molar-refractivity contribution in [1.82, 2.24) is 5.32 Å². The van der Waals surface area contributed by atoms with Crippen molar-refractivity contribution in [2.75, 3.05) is 7.05 Å². The molecule has 1 nitrogen and oxygen atoms in total. The van der Waals surface area contributed by atoms with Crippen LogP contribution in [0.3, 0.4) is 0 Å². The van der Waals surface area contributed by atoms with E-state index in [0.29, 0.717) is 22.5 Å². The molecule has 1 aromatic rings. The maximum absolute atomic E-state index is 13.7. The SMILES string of the molecule is CNC1CCCC(Cc2c(F)cccc2Cl)C1. The highest BCUT2D eigenvalue weighted by Crippen LogP contribution is 2.30. The summed E-state index contributed by atoms with van der Waals surface area (Å²) >= 11 is 6.06. The fourth-order valence-electron chi connectivity index (χ4n) is 2.75. The van der Waals surface area contributed by atoms with Gasteiger partial charge >= 0.3 is 0 Å². The van der Waals surface area contributed by atoms with Crippen LogP contribution in [0.4, 0.5) is 4.39 Å². The van der Waals surface area contributed by atoms with E-state index >= 15 is 0 Å². The lowest BCUT2D eigenvalue weighted by Gasteiger charge is -2.29. The Hall–Kier alpha value is -0.600. The van der Waals surface area contributed by atoms with Crippen LogP contribution in [-0.4, -0.2) is 13.1 Å². The minimum absolute atomic E-state index is 0.163. The van der Waals surface area contributed by atoms with Crippen LogP contribution in [0, 0.1) is 11.7 Å². The van der Waals surface area contributed by atoms with Gasteiger partial charge in [0.25, 0.3) is 0 Å². The standard InChI is InChI=1S/C14H19ClFN/c1-17-11-5-2-4-10(8-11)9-12-13(15)6-3-7-14(12)16/h3,6-7,10-11,17H,2,4-5,8-9H2,1H3. The van der Waals surface area contributed by atoms with Crippen molar-refractivity contribution in [3.8, 4) is 0 Å². The van der Waals surface area contributed by atoms with Crippen LogP contribution in [0.15, 0.2) is 18.2 Å². The Morgan fingerprint density at radius 3 is 2.94 bits per heavy atom. The summed E-state index contributed by atoms with van der Waals surface area (Å²) in [6, 6.07) is 5.52. The van der Waals surface area contributed by atoms with E-state index in [2.05, 4.69) is 5.32 Å². The molecule has 1 saturated carbocycles. The van der Waals surface area contributed by atoms with Gasteiger partial charge in [-0.2, -0.15) is 0 Å². The van der Waals surface area contributed by atoms with Crippen LogP contribution < -0.4 is 5.32 Å². The molecule has 94 valence electrons. The summed E-state index contributed by atoms with van der Waals surface area (Å²) < 4.78 is 13.7. The van der Waals surface area contributed by atoms with Crippen LogP contribution >= 0.6 is 11.6 Å². The van der Waals surface area contributed by atoms with Crippen molar-refractivity contribution in [3.63, 3.8) is 0 Å². The van der Waals surface area contributed by atoms with Crippen LogP contribution in [0.5, 0.6) is 0 Å². The first kappa shape index (κ1) is 12.8. The molecule has 0 aliphatic heterocycles. The fraction of sp³-hybridized carbons (Fsp3) is 0.571. The highest BCUT2D eigenvalue weighted by Gasteiger charge is 2.22. The number of hydrogen-bond acceptors (Lipinski definition) is 1. The minimum atomic E-state index is -0.163. The summed E-state index contributed by atoms with van der Waals surface area (Å²) in [5, 5.41) is 3.89. The molecule has 0 spiro atoms. The number of benzene rings is 1. The number of hydrogen-bond donors (Lipinski definition) is 1. The maximum atomic E-state index is 13.7.